The van der Waals surface area contributed by atoms with Gasteiger partial charge in [0.25, 0.3) is 5.56 Å². The van der Waals surface area contributed by atoms with Crippen LogP contribution in [0.2, 0.25) is 0 Å². The van der Waals surface area contributed by atoms with E-state index < -0.39 is 0 Å². The summed E-state index contributed by atoms with van der Waals surface area (Å²) >= 11 is 0. The molecule has 1 aromatic carbocycles. The van der Waals surface area contributed by atoms with Gasteiger partial charge < -0.3 is 0 Å². The summed E-state index contributed by atoms with van der Waals surface area (Å²) in [6.07, 6.45) is 3.84. The van der Waals surface area contributed by atoms with Crippen LogP contribution in [-0.4, -0.2) is 22.5 Å². The van der Waals surface area contributed by atoms with Gasteiger partial charge in [0.1, 0.15) is 0 Å². The third-order valence-corrected chi connectivity index (χ3v) is 2.99. The number of hydrogen-bond acceptors (Lipinski definition) is 2. The molecule has 0 aliphatic heterocycles. The number of unbranched alkanes of at least 4 members (excludes halogenated alkanes) is 1. The van der Waals surface area contributed by atoms with Gasteiger partial charge >= 0.3 is 0 Å². The fourth-order valence-electron chi connectivity index (χ4n) is 1.88. The van der Waals surface area contributed by atoms with Crippen molar-refractivity contribution >= 4 is 6.21 Å². The quantitative estimate of drug-likeness (QED) is 0.649. The van der Waals surface area contributed by atoms with E-state index >= 15 is 0 Å². The summed E-state index contributed by atoms with van der Waals surface area (Å²) < 4.78 is 1.55. The lowest BCUT2D eigenvalue weighted by atomic mass is 10.3. The third kappa shape index (κ3) is 3.02. The van der Waals surface area contributed by atoms with Crippen molar-refractivity contribution in [2.24, 2.45) is 4.99 Å². The van der Waals surface area contributed by atoms with E-state index in [-0.39, 0.29) is 5.56 Å². The van der Waals surface area contributed by atoms with E-state index in [4.69, 9.17) is 0 Å². The first-order chi connectivity index (χ1) is 9.24. The summed E-state index contributed by atoms with van der Waals surface area (Å²) in [5.41, 5.74) is 2.27. The average Bonchev–Trinajstić information content (AvgIpc) is 2.72. The van der Waals surface area contributed by atoms with Crippen LogP contribution in [0, 0.1) is 6.92 Å². The largest absolute Gasteiger partial charge is 0.295 e. The Bertz CT molecular complexity index is 608. The number of aliphatic imine (C=N–C) groups is 1. The van der Waals surface area contributed by atoms with Crippen LogP contribution < -0.4 is 5.56 Å². The van der Waals surface area contributed by atoms with E-state index in [1.165, 1.54) is 0 Å². The van der Waals surface area contributed by atoms with E-state index in [0.717, 1.165) is 30.8 Å². The monoisotopic (exact) mass is 257 g/mol. The van der Waals surface area contributed by atoms with Crippen molar-refractivity contribution in [3.63, 3.8) is 0 Å². The summed E-state index contributed by atoms with van der Waals surface area (Å²) in [5, 5.41) is 3.08. The van der Waals surface area contributed by atoms with E-state index in [1.807, 2.05) is 37.3 Å². The maximum atomic E-state index is 12.3. The Morgan fingerprint density at radius 3 is 2.74 bits per heavy atom. The molecule has 4 heteroatoms. The van der Waals surface area contributed by atoms with Gasteiger partial charge in [-0.05, 0) is 25.5 Å². The Labute approximate surface area is 112 Å². The maximum Gasteiger partial charge on any atom is 0.280 e. The number of hydrogen-bond donors (Lipinski definition) is 1. The van der Waals surface area contributed by atoms with Crippen molar-refractivity contribution in [2.75, 3.05) is 6.54 Å². The minimum atomic E-state index is -0.0519. The molecule has 0 saturated heterocycles. The lowest BCUT2D eigenvalue weighted by molar-refractivity contribution is 0.810. The SMILES string of the molecule is CCCCN=Cc1c(C)[nH]n(-c2ccccc2)c1=O. The van der Waals surface area contributed by atoms with E-state index in [2.05, 4.69) is 17.0 Å². The first-order valence-corrected chi connectivity index (χ1v) is 6.61. The molecule has 2 rings (SSSR count). The number of rotatable bonds is 5. The van der Waals surface area contributed by atoms with Crippen molar-refractivity contribution in [3.8, 4) is 5.69 Å². The predicted molar refractivity (Wildman–Crippen MR) is 78.5 cm³/mol. The molecule has 0 aliphatic carbocycles. The third-order valence-electron chi connectivity index (χ3n) is 2.99. The molecule has 0 amide bonds. The summed E-state index contributed by atoms with van der Waals surface area (Å²) in [6, 6.07) is 9.54. The van der Waals surface area contributed by atoms with Crippen LogP contribution in [0.15, 0.2) is 40.1 Å². The molecule has 0 fully saturated rings. The first kappa shape index (κ1) is 13.3. The molecule has 0 bridgehead atoms. The molecule has 0 unspecified atom stereocenters. The smallest absolute Gasteiger partial charge is 0.280 e. The second kappa shape index (κ2) is 6.18. The van der Waals surface area contributed by atoms with Crippen molar-refractivity contribution in [1.29, 1.82) is 0 Å². The van der Waals surface area contributed by atoms with Gasteiger partial charge in [-0.3, -0.25) is 14.9 Å². The first-order valence-electron chi connectivity index (χ1n) is 6.61. The number of benzene rings is 1. The molecular weight excluding hydrogens is 238 g/mol. The Morgan fingerprint density at radius 2 is 2.05 bits per heavy atom. The Morgan fingerprint density at radius 1 is 1.32 bits per heavy atom. The molecule has 2 aromatic rings. The molecule has 0 radical (unpaired) electrons. The van der Waals surface area contributed by atoms with Gasteiger partial charge in [-0.15, -0.1) is 0 Å². The molecule has 100 valence electrons. The lowest BCUT2D eigenvalue weighted by Crippen LogP contribution is -2.17. The van der Waals surface area contributed by atoms with Gasteiger partial charge in [0.15, 0.2) is 0 Å². The van der Waals surface area contributed by atoms with Crippen molar-refractivity contribution in [2.45, 2.75) is 26.7 Å². The molecule has 0 atom stereocenters. The summed E-state index contributed by atoms with van der Waals surface area (Å²) in [6.45, 7) is 4.79. The number of para-hydroxylation sites is 1. The van der Waals surface area contributed by atoms with Crippen molar-refractivity contribution in [3.05, 3.63) is 51.9 Å². The zero-order valence-corrected chi connectivity index (χ0v) is 11.4. The minimum Gasteiger partial charge on any atom is -0.295 e. The summed E-state index contributed by atoms with van der Waals surface area (Å²) in [7, 11) is 0. The molecule has 1 heterocycles. The Kier molecular flexibility index (Phi) is 4.34. The molecular formula is C15H19N3O. The highest BCUT2D eigenvalue weighted by Crippen LogP contribution is 2.05. The summed E-state index contributed by atoms with van der Waals surface area (Å²) in [4.78, 5) is 16.6. The highest BCUT2D eigenvalue weighted by Gasteiger charge is 2.09. The van der Waals surface area contributed by atoms with Gasteiger partial charge in [0, 0.05) is 18.5 Å². The number of aryl methyl sites for hydroxylation is 1. The van der Waals surface area contributed by atoms with Crippen LogP contribution in [-0.2, 0) is 0 Å². The second-order valence-electron chi connectivity index (χ2n) is 4.52. The van der Waals surface area contributed by atoms with Crippen LogP contribution in [0.5, 0.6) is 0 Å². The Balaban J connectivity index is 2.30. The van der Waals surface area contributed by atoms with E-state index in [0.29, 0.717) is 5.56 Å². The number of nitrogens with zero attached hydrogens (tertiary/aromatic N) is 2. The second-order valence-corrected chi connectivity index (χ2v) is 4.52. The fraction of sp³-hybridized carbons (Fsp3) is 0.333. The van der Waals surface area contributed by atoms with Crippen molar-refractivity contribution in [1.82, 2.24) is 9.78 Å². The van der Waals surface area contributed by atoms with Gasteiger partial charge in [0.05, 0.1) is 11.3 Å². The summed E-state index contributed by atoms with van der Waals surface area (Å²) in [5.74, 6) is 0. The highest BCUT2D eigenvalue weighted by molar-refractivity contribution is 5.80. The van der Waals surface area contributed by atoms with Gasteiger partial charge in [0.2, 0.25) is 0 Å². The topological polar surface area (TPSA) is 50.1 Å². The van der Waals surface area contributed by atoms with E-state index in [9.17, 15) is 4.79 Å². The maximum absolute atomic E-state index is 12.3. The van der Waals surface area contributed by atoms with Crippen molar-refractivity contribution < 1.29 is 0 Å². The molecule has 19 heavy (non-hydrogen) atoms. The van der Waals surface area contributed by atoms with E-state index in [1.54, 1.807) is 10.9 Å². The number of aromatic nitrogens is 2. The number of aromatic amines is 1. The molecule has 0 aliphatic rings. The number of H-pyrrole nitrogens is 1. The predicted octanol–water partition coefficient (Wildman–Crippen LogP) is 2.69. The van der Waals surface area contributed by atoms with Crippen LogP contribution in [0.25, 0.3) is 5.69 Å². The normalized spacial score (nSPS) is 11.3. The zero-order valence-electron chi connectivity index (χ0n) is 11.4. The van der Waals surface area contributed by atoms with Gasteiger partial charge in [-0.25, -0.2) is 4.68 Å². The minimum absolute atomic E-state index is 0.0519. The fourth-order valence-corrected chi connectivity index (χ4v) is 1.88. The number of nitrogens with one attached hydrogen (secondary N) is 1. The Hall–Kier alpha value is -2.10. The molecule has 1 aromatic heterocycles. The van der Waals surface area contributed by atoms with Crippen LogP contribution >= 0.6 is 0 Å². The van der Waals surface area contributed by atoms with Gasteiger partial charge in [-0.2, -0.15) is 0 Å². The molecule has 0 spiro atoms. The van der Waals surface area contributed by atoms with Crippen LogP contribution in [0.4, 0.5) is 0 Å². The molecule has 1 N–H and O–H groups in total. The van der Waals surface area contributed by atoms with Crippen LogP contribution in [0.1, 0.15) is 31.0 Å². The lowest BCUT2D eigenvalue weighted by Gasteiger charge is -1.99. The average molecular weight is 257 g/mol. The van der Waals surface area contributed by atoms with Crippen LogP contribution in [0.3, 0.4) is 0 Å². The standard InChI is InChI=1S/C15H19N3O/c1-3-4-10-16-11-14-12(2)17-18(15(14)19)13-8-6-5-7-9-13/h5-9,11,17H,3-4,10H2,1-2H3. The van der Waals surface area contributed by atoms with Gasteiger partial charge in [-0.1, -0.05) is 31.5 Å². The molecule has 4 nitrogen and oxygen atoms in total. The highest BCUT2D eigenvalue weighted by atomic mass is 16.1. The molecule has 0 saturated carbocycles. The zero-order chi connectivity index (χ0) is 13.7.